The fourth-order valence-corrected chi connectivity index (χ4v) is 1.15. The number of hydrogen-bond acceptors (Lipinski definition) is 3. The monoisotopic (exact) mass is 219 g/mol. The molecule has 1 aromatic heterocycles. The van der Waals surface area contributed by atoms with Gasteiger partial charge in [0.25, 0.3) is 0 Å². The summed E-state index contributed by atoms with van der Waals surface area (Å²) in [7, 11) is 0. The van der Waals surface area contributed by atoms with Gasteiger partial charge in [-0.1, -0.05) is 18.2 Å². The molecule has 86 valence electrons. The van der Waals surface area contributed by atoms with Crippen LogP contribution in [0.3, 0.4) is 0 Å². The Morgan fingerprint density at radius 2 is 2.25 bits per heavy atom. The predicted molar refractivity (Wildman–Crippen MR) is 63.7 cm³/mol. The van der Waals surface area contributed by atoms with Gasteiger partial charge in [-0.2, -0.15) is 0 Å². The summed E-state index contributed by atoms with van der Waals surface area (Å²) in [5.74, 6) is -0.215. The van der Waals surface area contributed by atoms with Crippen LogP contribution in [-0.4, -0.2) is 16.6 Å². The average molecular weight is 219 g/mol. The Hall–Kier alpha value is -1.64. The molecule has 1 heterocycles. The zero-order valence-electron chi connectivity index (χ0n) is 9.93. The lowest BCUT2D eigenvalue weighted by Crippen LogP contribution is -2.23. The first kappa shape index (κ1) is 12.4. The van der Waals surface area contributed by atoms with Gasteiger partial charge in [0.05, 0.1) is 6.42 Å². The highest BCUT2D eigenvalue weighted by atomic mass is 16.6. The summed E-state index contributed by atoms with van der Waals surface area (Å²) in [6.45, 7) is 5.57. The molecule has 0 aliphatic carbocycles. The number of esters is 1. The van der Waals surface area contributed by atoms with Crippen molar-refractivity contribution in [3.63, 3.8) is 0 Å². The van der Waals surface area contributed by atoms with Gasteiger partial charge in [0.15, 0.2) is 0 Å². The summed E-state index contributed by atoms with van der Waals surface area (Å²) in [6, 6.07) is 3.78. The molecule has 0 unspecified atom stereocenters. The first-order chi connectivity index (χ1) is 7.47. The van der Waals surface area contributed by atoms with E-state index in [4.69, 9.17) is 4.74 Å². The molecule has 0 aliphatic rings. The average Bonchev–Trinajstić information content (AvgIpc) is 2.16. The molecular weight excluding hydrogens is 202 g/mol. The molecule has 0 bridgehead atoms. The van der Waals surface area contributed by atoms with Gasteiger partial charge < -0.3 is 4.74 Å². The van der Waals surface area contributed by atoms with Crippen molar-refractivity contribution in [1.29, 1.82) is 0 Å². The van der Waals surface area contributed by atoms with Crippen molar-refractivity contribution in [3.05, 3.63) is 36.2 Å². The Labute approximate surface area is 96.2 Å². The van der Waals surface area contributed by atoms with Crippen molar-refractivity contribution in [2.45, 2.75) is 32.8 Å². The second-order valence-corrected chi connectivity index (χ2v) is 4.48. The molecule has 0 atom stereocenters. The normalized spacial score (nSPS) is 11.7. The molecule has 1 aromatic rings. The van der Waals surface area contributed by atoms with E-state index in [1.54, 1.807) is 18.5 Å². The van der Waals surface area contributed by atoms with Gasteiger partial charge in [0, 0.05) is 12.4 Å². The minimum absolute atomic E-state index is 0.215. The minimum Gasteiger partial charge on any atom is -0.460 e. The van der Waals surface area contributed by atoms with Crippen LogP contribution in [-0.2, 0) is 9.53 Å². The SMILES string of the molecule is CC(C)(C)OC(=O)C/C=C/c1cccnc1. The van der Waals surface area contributed by atoms with Gasteiger partial charge in [-0.3, -0.25) is 9.78 Å². The first-order valence-corrected chi connectivity index (χ1v) is 5.26. The van der Waals surface area contributed by atoms with Crippen LogP contribution in [0.25, 0.3) is 6.08 Å². The predicted octanol–water partition coefficient (Wildman–Crippen LogP) is 2.83. The lowest BCUT2D eigenvalue weighted by Gasteiger charge is -2.18. The molecule has 1 rings (SSSR count). The lowest BCUT2D eigenvalue weighted by atomic mass is 10.2. The van der Waals surface area contributed by atoms with Gasteiger partial charge in [0.2, 0.25) is 0 Å². The van der Waals surface area contributed by atoms with E-state index < -0.39 is 5.60 Å². The van der Waals surface area contributed by atoms with Crippen LogP contribution in [0, 0.1) is 0 Å². The van der Waals surface area contributed by atoms with E-state index in [0.717, 1.165) is 5.56 Å². The van der Waals surface area contributed by atoms with E-state index in [2.05, 4.69) is 4.98 Å². The number of carbonyl (C=O) groups excluding carboxylic acids is 1. The van der Waals surface area contributed by atoms with Gasteiger partial charge in [0.1, 0.15) is 5.60 Å². The van der Waals surface area contributed by atoms with Crippen LogP contribution in [0.2, 0.25) is 0 Å². The van der Waals surface area contributed by atoms with E-state index in [1.807, 2.05) is 39.0 Å². The minimum atomic E-state index is -0.417. The van der Waals surface area contributed by atoms with Gasteiger partial charge >= 0.3 is 5.97 Å². The zero-order chi connectivity index (χ0) is 12.0. The molecule has 0 radical (unpaired) electrons. The van der Waals surface area contributed by atoms with Crippen LogP contribution in [0.1, 0.15) is 32.8 Å². The topological polar surface area (TPSA) is 39.2 Å². The quantitative estimate of drug-likeness (QED) is 0.734. The van der Waals surface area contributed by atoms with Crippen molar-refractivity contribution in [2.24, 2.45) is 0 Å². The first-order valence-electron chi connectivity index (χ1n) is 5.26. The maximum Gasteiger partial charge on any atom is 0.310 e. The third-order valence-corrected chi connectivity index (χ3v) is 1.70. The van der Waals surface area contributed by atoms with E-state index in [9.17, 15) is 4.79 Å². The van der Waals surface area contributed by atoms with Gasteiger partial charge in [-0.25, -0.2) is 0 Å². The van der Waals surface area contributed by atoms with E-state index in [1.165, 1.54) is 0 Å². The van der Waals surface area contributed by atoms with Crippen LogP contribution in [0.5, 0.6) is 0 Å². The van der Waals surface area contributed by atoms with Crippen LogP contribution < -0.4 is 0 Å². The van der Waals surface area contributed by atoms with Crippen molar-refractivity contribution >= 4 is 12.0 Å². The third kappa shape index (κ3) is 5.29. The summed E-state index contributed by atoms with van der Waals surface area (Å²) in [6.07, 6.45) is 7.38. The molecule has 0 saturated heterocycles. The van der Waals surface area contributed by atoms with Gasteiger partial charge in [-0.05, 0) is 32.4 Å². The molecule has 16 heavy (non-hydrogen) atoms. The molecule has 0 saturated carbocycles. The largest absolute Gasteiger partial charge is 0.460 e. The zero-order valence-corrected chi connectivity index (χ0v) is 9.93. The Bertz CT molecular complexity index is 363. The molecular formula is C13H17NO2. The Morgan fingerprint density at radius 3 is 2.81 bits per heavy atom. The highest BCUT2D eigenvalue weighted by Crippen LogP contribution is 2.09. The lowest BCUT2D eigenvalue weighted by molar-refractivity contribution is -0.153. The molecule has 0 aromatic carbocycles. The second-order valence-electron chi connectivity index (χ2n) is 4.48. The Balaban J connectivity index is 2.41. The highest BCUT2D eigenvalue weighted by molar-refractivity contribution is 5.73. The number of nitrogens with zero attached hydrogens (tertiary/aromatic N) is 1. The molecule has 0 spiro atoms. The number of ether oxygens (including phenoxy) is 1. The smallest absolute Gasteiger partial charge is 0.310 e. The molecule has 0 amide bonds. The fraction of sp³-hybridized carbons (Fsp3) is 0.385. The summed E-state index contributed by atoms with van der Waals surface area (Å²) in [4.78, 5) is 15.3. The standard InChI is InChI=1S/C13H17NO2/c1-13(2,3)16-12(15)8-4-6-11-7-5-9-14-10-11/h4-7,9-10H,8H2,1-3H3/b6-4+. The molecule has 0 N–H and O–H groups in total. The van der Waals surface area contributed by atoms with Crippen molar-refractivity contribution in [2.75, 3.05) is 0 Å². The number of aromatic nitrogens is 1. The highest BCUT2D eigenvalue weighted by Gasteiger charge is 2.14. The maximum atomic E-state index is 11.4. The third-order valence-electron chi connectivity index (χ3n) is 1.70. The summed E-state index contributed by atoms with van der Waals surface area (Å²) in [5.41, 5.74) is 0.560. The van der Waals surface area contributed by atoms with Crippen molar-refractivity contribution in [1.82, 2.24) is 4.98 Å². The van der Waals surface area contributed by atoms with Crippen LogP contribution >= 0.6 is 0 Å². The Morgan fingerprint density at radius 1 is 1.50 bits per heavy atom. The number of hydrogen-bond donors (Lipinski definition) is 0. The van der Waals surface area contributed by atoms with Crippen molar-refractivity contribution < 1.29 is 9.53 Å². The molecule has 0 aliphatic heterocycles. The molecule has 3 heteroatoms. The second kappa shape index (κ2) is 5.45. The fourth-order valence-electron chi connectivity index (χ4n) is 1.15. The number of carbonyl (C=O) groups is 1. The van der Waals surface area contributed by atoms with Crippen LogP contribution in [0.15, 0.2) is 30.6 Å². The van der Waals surface area contributed by atoms with Crippen molar-refractivity contribution in [3.8, 4) is 0 Å². The van der Waals surface area contributed by atoms with Gasteiger partial charge in [-0.15, -0.1) is 0 Å². The van der Waals surface area contributed by atoms with E-state index in [0.29, 0.717) is 0 Å². The molecule has 3 nitrogen and oxygen atoms in total. The molecule has 0 fully saturated rings. The Kier molecular flexibility index (Phi) is 4.23. The summed E-state index contributed by atoms with van der Waals surface area (Å²) >= 11 is 0. The summed E-state index contributed by atoms with van der Waals surface area (Å²) in [5, 5.41) is 0. The maximum absolute atomic E-state index is 11.4. The number of pyridine rings is 1. The summed E-state index contributed by atoms with van der Waals surface area (Å²) < 4.78 is 5.17. The van der Waals surface area contributed by atoms with E-state index >= 15 is 0 Å². The van der Waals surface area contributed by atoms with Crippen LogP contribution in [0.4, 0.5) is 0 Å². The number of rotatable bonds is 3. The van der Waals surface area contributed by atoms with E-state index in [-0.39, 0.29) is 12.4 Å².